The quantitative estimate of drug-likeness (QED) is 0.851. The molecule has 1 heterocycles. The average Bonchev–Trinajstić information content (AvgIpc) is 2.49. The van der Waals surface area contributed by atoms with Crippen molar-refractivity contribution in [3.8, 4) is 0 Å². The highest BCUT2D eigenvalue weighted by atomic mass is 35.5. The minimum atomic E-state index is -3.46. The molecule has 1 saturated heterocycles. The highest BCUT2D eigenvalue weighted by molar-refractivity contribution is 7.86. The van der Waals surface area contributed by atoms with Crippen molar-refractivity contribution < 1.29 is 8.42 Å². The van der Waals surface area contributed by atoms with E-state index in [2.05, 4.69) is 0 Å². The second-order valence-corrected chi connectivity index (χ2v) is 8.48. The summed E-state index contributed by atoms with van der Waals surface area (Å²) in [6, 6.07) is 7.24. The Bertz CT molecular complexity index is 593. The molecule has 0 saturated carbocycles. The predicted octanol–water partition coefficient (Wildman–Crippen LogP) is 2.50. The molecule has 132 valence electrons. The molecule has 0 bridgehead atoms. The van der Waals surface area contributed by atoms with Crippen LogP contribution in [0.1, 0.15) is 25.3 Å². The van der Waals surface area contributed by atoms with Crippen LogP contribution in [-0.2, 0) is 16.8 Å². The first kappa shape index (κ1) is 20.7. The largest absolute Gasteiger partial charge is 0.328 e. The lowest BCUT2D eigenvalue weighted by Crippen LogP contribution is -2.49. The van der Waals surface area contributed by atoms with Gasteiger partial charge in [-0.2, -0.15) is 17.0 Å². The Morgan fingerprint density at radius 2 is 2.00 bits per heavy atom. The van der Waals surface area contributed by atoms with Crippen LogP contribution < -0.4 is 5.73 Å². The van der Waals surface area contributed by atoms with Crippen molar-refractivity contribution in [2.45, 2.75) is 32.4 Å². The van der Waals surface area contributed by atoms with Crippen LogP contribution in [0.5, 0.6) is 0 Å². The van der Waals surface area contributed by atoms with Gasteiger partial charge >= 0.3 is 0 Å². The lowest BCUT2D eigenvalue weighted by Gasteiger charge is -2.35. The molecule has 1 aliphatic heterocycles. The normalized spacial score (nSPS) is 21.0. The molecule has 1 fully saturated rings. The van der Waals surface area contributed by atoms with E-state index in [1.165, 1.54) is 4.31 Å². The third-order valence-corrected chi connectivity index (χ3v) is 6.36. The molecule has 2 atom stereocenters. The zero-order chi connectivity index (χ0) is 16.3. The van der Waals surface area contributed by atoms with Gasteiger partial charge in [0.2, 0.25) is 0 Å². The number of nitrogens with zero attached hydrogens (tertiary/aromatic N) is 2. The summed E-state index contributed by atoms with van der Waals surface area (Å²) in [5, 5.41) is 0.644. The smallest absolute Gasteiger partial charge is 0.282 e. The van der Waals surface area contributed by atoms with E-state index in [4.69, 9.17) is 17.3 Å². The fourth-order valence-corrected chi connectivity index (χ4v) is 4.31. The average molecular weight is 382 g/mol. The van der Waals surface area contributed by atoms with Crippen LogP contribution in [0, 0.1) is 5.92 Å². The minimum Gasteiger partial charge on any atom is -0.328 e. The van der Waals surface area contributed by atoms with E-state index in [-0.39, 0.29) is 24.4 Å². The van der Waals surface area contributed by atoms with Crippen LogP contribution in [0.2, 0.25) is 5.02 Å². The Balaban J connectivity index is 0.00000264. The summed E-state index contributed by atoms with van der Waals surface area (Å²) in [5.41, 5.74) is 6.85. The van der Waals surface area contributed by atoms with Crippen LogP contribution in [-0.4, -0.2) is 43.2 Å². The Labute approximate surface area is 150 Å². The van der Waals surface area contributed by atoms with Crippen LogP contribution >= 0.6 is 24.0 Å². The Kier molecular flexibility index (Phi) is 7.77. The minimum absolute atomic E-state index is 0. The zero-order valence-corrected chi connectivity index (χ0v) is 15.9. The number of hydrogen-bond donors (Lipinski definition) is 1. The molecule has 2 unspecified atom stereocenters. The molecule has 0 aromatic heterocycles. The maximum Gasteiger partial charge on any atom is 0.282 e. The van der Waals surface area contributed by atoms with Crippen LogP contribution in [0.3, 0.4) is 0 Å². The van der Waals surface area contributed by atoms with Gasteiger partial charge in [-0.05, 0) is 43.4 Å². The van der Waals surface area contributed by atoms with Gasteiger partial charge in [-0.3, -0.25) is 0 Å². The van der Waals surface area contributed by atoms with Gasteiger partial charge in [-0.15, -0.1) is 12.4 Å². The summed E-state index contributed by atoms with van der Waals surface area (Å²) in [6.45, 7) is 3.35. The van der Waals surface area contributed by atoms with E-state index >= 15 is 0 Å². The van der Waals surface area contributed by atoms with E-state index in [9.17, 15) is 8.42 Å². The molecule has 1 aliphatic rings. The maximum atomic E-state index is 12.7. The van der Waals surface area contributed by atoms with Crippen LogP contribution in [0.25, 0.3) is 0 Å². The van der Waals surface area contributed by atoms with Crippen molar-refractivity contribution in [1.82, 2.24) is 8.61 Å². The monoisotopic (exact) mass is 381 g/mol. The van der Waals surface area contributed by atoms with Gasteiger partial charge in [-0.1, -0.05) is 23.7 Å². The second kappa shape index (κ2) is 8.65. The summed E-state index contributed by atoms with van der Waals surface area (Å²) in [7, 11) is -1.85. The fraction of sp³-hybridized carbons (Fsp3) is 0.600. The molecular formula is C15H25Cl2N3O2S. The van der Waals surface area contributed by atoms with Gasteiger partial charge in [0.25, 0.3) is 10.2 Å². The molecule has 23 heavy (non-hydrogen) atoms. The molecule has 2 rings (SSSR count). The lowest BCUT2D eigenvalue weighted by atomic mass is 9.93. The highest BCUT2D eigenvalue weighted by Gasteiger charge is 2.32. The van der Waals surface area contributed by atoms with Crippen molar-refractivity contribution in [3.63, 3.8) is 0 Å². The van der Waals surface area contributed by atoms with Gasteiger partial charge in [0, 0.05) is 37.7 Å². The molecular weight excluding hydrogens is 357 g/mol. The van der Waals surface area contributed by atoms with Crippen molar-refractivity contribution in [1.29, 1.82) is 0 Å². The van der Waals surface area contributed by atoms with E-state index in [1.54, 1.807) is 23.5 Å². The number of halogens is 2. The van der Waals surface area contributed by atoms with E-state index in [0.29, 0.717) is 24.7 Å². The first-order valence-electron chi connectivity index (χ1n) is 7.52. The predicted molar refractivity (Wildman–Crippen MR) is 97.0 cm³/mol. The summed E-state index contributed by atoms with van der Waals surface area (Å²) in [6.07, 6.45) is 1.85. The summed E-state index contributed by atoms with van der Waals surface area (Å²) < 4.78 is 28.4. The summed E-state index contributed by atoms with van der Waals surface area (Å²) in [4.78, 5) is 0. The van der Waals surface area contributed by atoms with Crippen molar-refractivity contribution >= 4 is 34.2 Å². The molecule has 5 nitrogen and oxygen atoms in total. The third kappa shape index (κ3) is 5.31. The molecule has 0 amide bonds. The number of piperidine rings is 1. The van der Waals surface area contributed by atoms with Gasteiger partial charge < -0.3 is 5.73 Å². The Morgan fingerprint density at radius 3 is 2.57 bits per heavy atom. The molecule has 1 aromatic rings. The molecule has 2 N–H and O–H groups in total. The van der Waals surface area contributed by atoms with Gasteiger partial charge in [0.05, 0.1) is 0 Å². The van der Waals surface area contributed by atoms with Crippen molar-refractivity contribution in [2.75, 3.05) is 20.1 Å². The third-order valence-electron chi connectivity index (χ3n) is 4.20. The molecule has 0 spiro atoms. The van der Waals surface area contributed by atoms with Gasteiger partial charge in [0.15, 0.2) is 0 Å². The number of rotatable bonds is 5. The van der Waals surface area contributed by atoms with E-state index in [1.807, 2.05) is 19.1 Å². The fourth-order valence-electron chi connectivity index (χ4n) is 2.74. The SMILES string of the molecule is CC(N)C1CCCN(S(=O)(=O)N(C)Cc2ccc(Cl)cc2)C1.Cl. The second-order valence-electron chi connectivity index (χ2n) is 6.01. The number of nitrogens with two attached hydrogens (primary N) is 1. The highest BCUT2D eigenvalue weighted by Crippen LogP contribution is 2.23. The summed E-state index contributed by atoms with van der Waals surface area (Å²) in [5.74, 6) is 0.229. The van der Waals surface area contributed by atoms with Crippen LogP contribution in [0.15, 0.2) is 24.3 Å². The standard InChI is InChI=1S/C15H24ClN3O2S.ClH/c1-12(17)14-4-3-9-19(11-14)22(20,21)18(2)10-13-5-7-15(16)8-6-13;/h5-8,12,14H,3-4,9-11,17H2,1-2H3;1H. The van der Waals surface area contributed by atoms with Gasteiger partial charge in [-0.25, -0.2) is 0 Å². The van der Waals surface area contributed by atoms with E-state index in [0.717, 1.165) is 18.4 Å². The van der Waals surface area contributed by atoms with Crippen molar-refractivity contribution in [3.05, 3.63) is 34.9 Å². The topological polar surface area (TPSA) is 66.6 Å². The molecule has 8 heteroatoms. The number of hydrogen-bond acceptors (Lipinski definition) is 3. The number of benzene rings is 1. The first-order chi connectivity index (χ1) is 10.3. The molecule has 0 radical (unpaired) electrons. The lowest BCUT2D eigenvalue weighted by molar-refractivity contribution is 0.231. The first-order valence-corrected chi connectivity index (χ1v) is 9.29. The Hall–Kier alpha value is -0.370. The summed E-state index contributed by atoms with van der Waals surface area (Å²) >= 11 is 5.85. The maximum absolute atomic E-state index is 12.7. The zero-order valence-electron chi connectivity index (χ0n) is 13.5. The van der Waals surface area contributed by atoms with Crippen molar-refractivity contribution in [2.24, 2.45) is 11.7 Å². The van der Waals surface area contributed by atoms with Gasteiger partial charge in [0.1, 0.15) is 0 Å². The van der Waals surface area contributed by atoms with Crippen LogP contribution in [0.4, 0.5) is 0 Å². The molecule has 0 aliphatic carbocycles. The van der Waals surface area contributed by atoms with E-state index < -0.39 is 10.2 Å². The Morgan fingerprint density at radius 1 is 1.39 bits per heavy atom. The molecule has 1 aromatic carbocycles.